The molecule has 0 spiro atoms. The Morgan fingerprint density at radius 2 is 1.45 bits per heavy atom. The molecule has 0 radical (unpaired) electrons. The van der Waals surface area contributed by atoms with E-state index in [4.69, 9.17) is 19.3 Å². The molecular weight excluding hydrogens is 304 g/mol. The van der Waals surface area contributed by atoms with Crippen molar-refractivity contribution in [3.05, 3.63) is 0 Å². The Morgan fingerprint density at radius 1 is 0.818 bits per heavy atom. The predicted octanol–water partition coefficient (Wildman–Crippen LogP) is -4.37. The molecule has 2 fully saturated rings. The van der Waals surface area contributed by atoms with E-state index in [-0.39, 0.29) is 6.42 Å². The highest BCUT2D eigenvalue weighted by Crippen LogP contribution is 2.28. The van der Waals surface area contributed by atoms with Gasteiger partial charge in [-0.2, -0.15) is 0 Å². The molecule has 2 aliphatic rings. The van der Waals surface area contributed by atoms with Crippen molar-refractivity contribution in [2.45, 2.75) is 61.7 Å². The molecule has 2 aliphatic heterocycles. The standard InChI is InChI=1S/C12H22O10/c13-2-5-8(17)9(18)10(19)12(21-5)22-11-4(15)1-7(16)20-6(11)3-14/h4-19H,1-3H2/t4-,5-,6-,7-,8+,9+,10-,11+,12+/m1/s1. The van der Waals surface area contributed by atoms with Crippen LogP contribution in [0, 0.1) is 0 Å². The minimum Gasteiger partial charge on any atom is -0.394 e. The van der Waals surface area contributed by atoms with Crippen LogP contribution in [-0.2, 0) is 14.2 Å². The van der Waals surface area contributed by atoms with Crippen LogP contribution in [0.4, 0.5) is 0 Å². The third-order valence-electron chi connectivity index (χ3n) is 3.84. The van der Waals surface area contributed by atoms with Gasteiger partial charge in [0.15, 0.2) is 12.6 Å². The third-order valence-corrected chi connectivity index (χ3v) is 3.84. The minimum absolute atomic E-state index is 0.168. The summed E-state index contributed by atoms with van der Waals surface area (Å²) in [6.07, 6.45) is -12.2. The number of ether oxygens (including phenoxy) is 3. The summed E-state index contributed by atoms with van der Waals surface area (Å²) in [5.41, 5.74) is 0. The fourth-order valence-electron chi connectivity index (χ4n) is 2.58. The van der Waals surface area contributed by atoms with E-state index in [0.717, 1.165) is 0 Å². The molecule has 9 atom stereocenters. The van der Waals surface area contributed by atoms with Crippen molar-refractivity contribution in [2.75, 3.05) is 13.2 Å². The molecule has 2 heterocycles. The predicted molar refractivity (Wildman–Crippen MR) is 67.2 cm³/mol. The Morgan fingerprint density at radius 3 is 2.05 bits per heavy atom. The van der Waals surface area contributed by atoms with Crippen molar-refractivity contribution in [3.8, 4) is 0 Å². The van der Waals surface area contributed by atoms with Gasteiger partial charge in [-0.3, -0.25) is 0 Å². The third kappa shape index (κ3) is 3.57. The number of aliphatic hydroxyl groups is 7. The molecule has 0 aromatic heterocycles. The minimum atomic E-state index is -1.63. The average Bonchev–Trinajstić information content (AvgIpc) is 2.49. The quantitative estimate of drug-likeness (QED) is 0.268. The molecule has 22 heavy (non-hydrogen) atoms. The highest BCUT2D eigenvalue weighted by Gasteiger charge is 2.47. The number of rotatable bonds is 4. The summed E-state index contributed by atoms with van der Waals surface area (Å²) < 4.78 is 15.5. The molecule has 0 aromatic carbocycles. The van der Waals surface area contributed by atoms with Gasteiger partial charge in [-0.1, -0.05) is 0 Å². The van der Waals surface area contributed by atoms with E-state index in [1.165, 1.54) is 0 Å². The SMILES string of the molecule is OC[C@H]1O[C@@H](O[C@H]2[C@H](O)C[C@H](O)O[C@@H]2CO)[C@H](O)[C@@H](O)[C@H]1O. The fraction of sp³-hybridized carbons (Fsp3) is 1.00. The monoisotopic (exact) mass is 326 g/mol. The van der Waals surface area contributed by atoms with Gasteiger partial charge in [-0.15, -0.1) is 0 Å². The maximum atomic E-state index is 9.92. The second kappa shape index (κ2) is 7.45. The highest BCUT2D eigenvalue weighted by atomic mass is 16.7. The van der Waals surface area contributed by atoms with Gasteiger partial charge in [0, 0.05) is 6.42 Å². The lowest BCUT2D eigenvalue weighted by Gasteiger charge is -2.44. The lowest BCUT2D eigenvalue weighted by Crippen LogP contribution is -2.62. The van der Waals surface area contributed by atoms with Gasteiger partial charge in [0.2, 0.25) is 0 Å². The maximum absolute atomic E-state index is 9.92. The summed E-state index contributed by atoms with van der Waals surface area (Å²) in [4.78, 5) is 0. The van der Waals surface area contributed by atoms with Gasteiger partial charge in [0.1, 0.15) is 36.6 Å². The lowest BCUT2D eigenvalue weighted by molar-refractivity contribution is -0.342. The summed E-state index contributed by atoms with van der Waals surface area (Å²) >= 11 is 0. The van der Waals surface area contributed by atoms with E-state index in [2.05, 4.69) is 0 Å². The molecule has 0 bridgehead atoms. The van der Waals surface area contributed by atoms with Crippen LogP contribution in [-0.4, -0.2) is 104 Å². The molecule has 2 rings (SSSR count). The van der Waals surface area contributed by atoms with Crippen molar-refractivity contribution >= 4 is 0 Å². The van der Waals surface area contributed by atoms with Crippen LogP contribution in [0.25, 0.3) is 0 Å². The van der Waals surface area contributed by atoms with E-state index in [1.54, 1.807) is 0 Å². The second-order valence-electron chi connectivity index (χ2n) is 5.41. The fourth-order valence-corrected chi connectivity index (χ4v) is 2.58. The van der Waals surface area contributed by atoms with Crippen LogP contribution in [0.5, 0.6) is 0 Å². The highest BCUT2D eigenvalue weighted by molar-refractivity contribution is 4.91. The zero-order chi connectivity index (χ0) is 16.4. The second-order valence-corrected chi connectivity index (χ2v) is 5.41. The van der Waals surface area contributed by atoms with Gasteiger partial charge in [-0.05, 0) is 0 Å². The van der Waals surface area contributed by atoms with E-state index < -0.39 is 68.5 Å². The van der Waals surface area contributed by atoms with Crippen LogP contribution in [0.15, 0.2) is 0 Å². The van der Waals surface area contributed by atoms with Crippen molar-refractivity contribution in [1.82, 2.24) is 0 Å². The van der Waals surface area contributed by atoms with Crippen LogP contribution >= 0.6 is 0 Å². The molecule has 0 aromatic rings. The van der Waals surface area contributed by atoms with E-state index in [9.17, 15) is 30.6 Å². The number of hydrogen-bond donors (Lipinski definition) is 7. The van der Waals surface area contributed by atoms with Crippen molar-refractivity contribution in [1.29, 1.82) is 0 Å². The van der Waals surface area contributed by atoms with Gasteiger partial charge < -0.3 is 50.0 Å². The Hall–Kier alpha value is -0.400. The summed E-state index contributed by atoms with van der Waals surface area (Å²) in [7, 11) is 0. The van der Waals surface area contributed by atoms with Crippen LogP contribution in [0.2, 0.25) is 0 Å². The molecule has 0 saturated carbocycles. The Bertz CT molecular complexity index is 353. The van der Waals surface area contributed by atoms with Gasteiger partial charge in [-0.25, -0.2) is 0 Å². The molecule has 0 unspecified atom stereocenters. The van der Waals surface area contributed by atoms with Gasteiger partial charge >= 0.3 is 0 Å². The molecule has 0 amide bonds. The first-order valence-corrected chi connectivity index (χ1v) is 6.97. The first-order valence-electron chi connectivity index (χ1n) is 6.97. The smallest absolute Gasteiger partial charge is 0.187 e. The van der Waals surface area contributed by atoms with Crippen LogP contribution in [0.3, 0.4) is 0 Å². The van der Waals surface area contributed by atoms with Crippen molar-refractivity contribution in [2.24, 2.45) is 0 Å². The molecule has 0 aliphatic carbocycles. The molecule has 2 saturated heterocycles. The van der Waals surface area contributed by atoms with Crippen LogP contribution in [0.1, 0.15) is 6.42 Å². The molecule has 7 N–H and O–H groups in total. The summed E-state index contributed by atoms with van der Waals surface area (Å²) in [6, 6.07) is 0. The van der Waals surface area contributed by atoms with Gasteiger partial charge in [0.25, 0.3) is 0 Å². The zero-order valence-corrected chi connectivity index (χ0v) is 11.7. The van der Waals surface area contributed by atoms with E-state index >= 15 is 0 Å². The van der Waals surface area contributed by atoms with Crippen molar-refractivity contribution in [3.63, 3.8) is 0 Å². The van der Waals surface area contributed by atoms with Crippen LogP contribution < -0.4 is 0 Å². The number of hydrogen-bond acceptors (Lipinski definition) is 10. The Balaban J connectivity index is 2.07. The Labute approximate surface area is 126 Å². The van der Waals surface area contributed by atoms with Crippen molar-refractivity contribution < 1.29 is 50.0 Å². The summed E-state index contributed by atoms with van der Waals surface area (Å²) in [5.74, 6) is 0. The first-order chi connectivity index (χ1) is 10.4. The van der Waals surface area contributed by atoms with Gasteiger partial charge in [0.05, 0.1) is 19.3 Å². The first kappa shape index (κ1) is 17.9. The van der Waals surface area contributed by atoms with E-state index in [0.29, 0.717) is 0 Å². The van der Waals surface area contributed by atoms with E-state index in [1.807, 2.05) is 0 Å². The molecule has 130 valence electrons. The summed E-state index contributed by atoms with van der Waals surface area (Å²) in [5, 5.41) is 66.8. The lowest BCUT2D eigenvalue weighted by atomic mass is 9.98. The topological polar surface area (TPSA) is 169 Å². The normalized spacial score (nSPS) is 50.0. The molecule has 10 heteroatoms. The average molecular weight is 326 g/mol. The molecular formula is C12H22O10. The molecule has 10 nitrogen and oxygen atoms in total. The summed E-state index contributed by atoms with van der Waals surface area (Å²) in [6.45, 7) is -1.17. The largest absolute Gasteiger partial charge is 0.394 e. The zero-order valence-electron chi connectivity index (χ0n) is 11.7. The number of aliphatic hydroxyl groups excluding tert-OH is 7. The maximum Gasteiger partial charge on any atom is 0.187 e. The Kier molecular flexibility index (Phi) is 6.07.